The highest BCUT2D eigenvalue weighted by Crippen LogP contribution is 2.16. The quantitative estimate of drug-likeness (QED) is 0.627. The van der Waals surface area contributed by atoms with Crippen molar-refractivity contribution in [2.75, 3.05) is 12.9 Å². The maximum Gasteiger partial charge on any atom is 0.265 e. The van der Waals surface area contributed by atoms with Crippen LogP contribution in [0.1, 0.15) is 17.4 Å². The molecule has 0 aliphatic heterocycles. The Balaban J connectivity index is 3.00. The van der Waals surface area contributed by atoms with Gasteiger partial charge in [-0.1, -0.05) is 0 Å². The van der Waals surface area contributed by atoms with Gasteiger partial charge in [-0.15, -0.1) is 0 Å². The number of carbonyl (C=O) groups is 1. The van der Waals surface area contributed by atoms with Gasteiger partial charge < -0.3 is 15.4 Å². The standard InChI is InChI=1S/C11H19N3O4S2/c1-7(10(6-15)19-3)13-20(17,18)8-4-9(11(12)16)14(2)5-8/h4-5,7,10,13,15H,6H2,1-3H3,(H2,12,16). The van der Waals surface area contributed by atoms with Gasteiger partial charge in [0.25, 0.3) is 5.91 Å². The smallest absolute Gasteiger partial charge is 0.265 e. The number of primary amides is 1. The number of aliphatic hydroxyl groups excluding tert-OH is 1. The Morgan fingerprint density at radius 2 is 2.20 bits per heavy atom. The van der Waals surface area contributed by atoms with Gasteiger partial charge in [0.1, 0.15) is 10.6 Å². The first-order valence-corrected chi connectivity index (χ1v) is 8.62. The summed E-state index contributed by atoms with van der Waals surface area (Å²) < 4.78 is 28.2. The highest BCUT2D eigenvalue weighted by molar-refractivity contribution is 7.99. The van der Waals surface area contributed by atoms with E-state index in [2.05, 4.69) is 4.72 Å². The van der Waals surface area contributed by atoms with Gasteiger partial charge >= 0.3 is 0 Å². The van der Waals surface area contributed by atoms with Crippen LogP contribution in [0.5, 0.6) is 0 Å². The van der Waals surface area contributed by atoms with Gasteiger partial charge in [-0.2, -0.15) is 11.8 Å². The van der Waals surface area contributed by atoms with Crippen LogP contribution in [0.15, 0.2) is 17.2 Å². The Morgan fingerprint density at radius 3 is 2.60 bits per heavy atom. The van der Waals surface area contributed by atoms with Crippen molar-refractivity contribution in [3.05, 3.63) is 18.0 Å². The minimum absolute atomic E-state index is 0.0292. The number of hydrogen-bond donors (Lipinski definition) is 3. The fraction of sp³-hybridized carbons (Fsp3) is 0.545. The van der Waals surface area contributed by atoms with E-state index in [0.29, 0.717) is 0 Å². The third-order valence-corrected chi connectivity index (χ3v) is 5.61. The molecule has 2 atom stereocenters. The van der Waals surface area contributed by atoms with Gasteiger partial charge in [0.05, 0.1) is 6.61 Å². The minimum Gasteiger partial charge on any atom is -0.395 e. The molecule has 0 aliphatic carbocycles. The molecule has 0 spiro atoms. The van der Waals surface area contributed by atoms with Gasteiger partial charge in [0.15, 0.2) is 0 Å². The number of sulfonamides is 1. The number of nitrogens with two attached hydrogens (primary N) is 1. The van der Waals surface area contributed by atoms with Gasteiger partial charge in [0.2, 0.25) is 10.0 Å². The van der Waals surface area contributed by atoms with Crippen molar-refractivity contribution in [2.45, 2.75) is 23.1 Å². The molecule has 0 saturated carbocycles. The van der Waals surface area contributed by atoms with Gasteiger partial charge in [0, 0.05) is 24.5 Å². The predicted molar refractivity (Wildman–Crippen MR) is 78.1 cm³/mol. The van der Waals surface area contributed by atoms with E-state index < -0.39 is 22.0 Å². The van der Waals surface area contributed by atoms with E-state index in [1.165, 1.54) is 28.6 Å². The summed E-state index contributed by atoms with van der Waals surface area (Å²) in [5.74, 6) is -0.695. The maximum atomic E-state index is 12.2. The van der Waals surface area contributed by atoms with Crippen LogP contribution in [0, 0.1) is 0 Å². The number of nitrogens with one attached hydrogen (secondary N) is 1. The molecular formula is C11H19N3O4S2. The number of carbonyl (C=O) groups excluding carboxylic acids is 1. The maximum absolute atomic E-state index is 12.2. The van der Waals surface area contributed by atoms with Gasteiger partial charge in [-0.3, -0.25) is 4.79 Å². The SMILES string of the molecule is CSC(CO)C(C)NS(=O)(=O)c1cc(C(N)=O)n(C)c1. The van der Waals surface area contributed by atoms with Crippen LogP contribution in [-0.4, -0.2) is 48.2 Å². The zero-order chi connectivity index (χ0) is 15.5. The molecule has 7 nitrogen and oxygen atoms in total. The van der Waals surface area contributed by atoms with Crippen LogP contribution >= 0.6 is 11.8 Å². The van der Waals surface area contributed by atoms with Crippen LogP contribution in [-0.2, 0) is 17.1 Å². The molecule has 0 aliphatic rings. The van der Waals surface area contributed by atoms with E-state index in [1.807, 2.05) is 0 Å². The molecule has 4 N–H and O–H groups in total. The summed E-state index contributed by atoms with van der Waals surface area (Å²) in [6, 6.07) is 0.780. The Hall–Kier alpha value is -1.03. The van der Waals surface area contributed by atoms with E-state index in [9.17, 15) is 13.2 Å². The topological polar surface area (TPSA) is 114 Å². The molecular weight excluding hydrogens is 302 g/mol. The van der Waals surface area contributed by atoms with Crippen molar-refractivity contribution in [3.63, 3.8) is 0 Å². The molecule has 0 saturated heterocycles. The molecule has 0 fully saturated rings. The Kier molecular flexibility index (Phi) is 5.63. The number of rotatable bonds is 7. The average Bonchev–Trinajstić information content (AvgIpc) is 2.73. The number of aryl methyl sites for hydroxylation is 1. The molecule has 1 aromatic rings. The van der Waals surface area contributed by atoms with E-state index in [1.54, 1.807) is 20.2 Å². The zero-order valence-corrected chi connectivity index (χ0v) is 13.2. The number of aromatic nitrogens is 1. The highest BCUT2D eigenvalue weighted by atomic mass is 32.2. The normalized spacial score (nSPS) is 15.0. The minimum atomic E-state index is -3.76. The third kappa shape index (κ3) is 3.75. The molecule has 114 valence electrons. The molecule has 2 unspecified atom stereocenters. The highest BCUT2D eigenvalue weighted by Gasteiger charge is 2.25. The third-order valence-electron chi connectivity index (χ3n) is 2.92. The van der Waals surface area contributed by atoms with Crippen molar-refractivity contribution in [1.82, 2.24) is 9.29 Å². The molecule has 1 aromatic heterocycles. The first-order valence-electron chi connectivity index (χ1n) is 5.85. The first kappa shape index (κ1) is 17.0. The summed E-state index contributed by atoms with van der Waals surface area (Å²) in [4.78, 5) is 11.1. The fourth-order valence-electron chi connectivity index (χ4n) is 1.75. The van der Waals surface area contributed by atoms with Crippen LogP contribution in [0.2, 0.25) is 0 Å². The first-order chi connectivity index (χ1) is 9.22. The molecule has 1 amide bonds. The van der Waals surface area contributed by atoms with Gasteiger partial charge in [-0.05, 0) is 19.2 Å². The summed E-state index contributed by atoms with van der Waals surface area (Å²) >= 11 is 1.37. The predicted octanol–water partition coefficient (Wildman–Crippen LogP) is -0.485. The van der Waals surface area contributed by atoms with Crippen LogP contribution in [0.3, 0.4) is 0 Å². The summed E-state index contributed by atoms with van der Waals surface area (Å²) in [7, 11) is -2.22. The van der Waals surface area contributed by atoms with E-state index in [0.717, 1.165) is 0 Å². The summed E-state index contributed by atoms with van der Waals surface area (Å²) in [6.07, 6.45) is 3.11. The molecule has 20 heavy (non-hydrogen) atoms. The van der Waals surface area contributed by atoms with Crippen LogP contribution in [0.25, 0.3) is 0 Å². The van der Waals surface area contributed by atoms with Crippen molar-refractivity contribution in [1.29, 1.82) is 0 Å². The monoisotopic (exact) mass is 321 g/mol. The molecule has 1 rings (SSSR count). The van der Waals surface area contributed by atoms with Crippen molar-refractivity contribution >= 4 is 27.7 Å². The molecule has 9 heteroatoms. The average molecular weight is 321 g/mol. The van der Waals surface area contributed by atoms with E-state index in [4.69, 9.17) is 10.8 Å². The fourth-order valence-corrected chi connectivity index (χ4v) is 3.82. The number of thioether (sulfide) groups is 1. The van der Waals surface area contributed by atoms with E-state index in [-0.39, 0.29) is 22.4 Å². The lowest BCUT2D eigenvalue weighted by Gasteiger charge is -2.20. The molecule has 0 radical (unpaired) electrons. The molecule has 0 bridgehead atoms. The number of nitrogens with zero attached hydrogens (tertiary/aromatic N) is 1. The largest absolute Gasteiger partial charge is 0.395 e. The van der Waals surface area contributed by atoms with Gasteiger partial charge in [-0.25, -0.2) is 13.1 Å². The second kappa shape index (κ2) is 6.61. The van der Waals surface area contributed by atoms with Crippen LogP contribution < -0.4 is 10.5 Å². The van der Waals surface area contributed by atoms with Crippen molar-refractivity contribution < 1.29 is 18.3 Å². The van der Waals surface area contributed by atoms with Crippen molar-refractivity contribution in [3.8, 4) is 0 Å². The number of hydrogen-bond acceptors (Lipinski definition) is 5. The van der Waals surface area contributed by atoms with E-state index >= 15 is 0 Å². The Morgan fingerprint density at radius 1 is 1.60 bits per heavy atom. The molecule has 1 heterocycles. The Labute approximate surface area is 122 Å². The zero-order valence-electron chi connectivity index (χ0n) is 11.5. The Bertz CT molecular complexity index is 578. The lowest BCUT2D eigenvalue weighted by molar-refractivity contribution is 0.0992. The van der Waals surface area contributed by atoms with Crippen molar-refractivity contribution in [2.24, 2.45) is 12.8 Å². The molecule has 0 aromatic carbocycles. The van der Waals surface area contributed by atoms with Crippen LogP contribution in [0.4, 0.5) is 0 Å². The lowest BCUT2D eigenvalue weighted by atomic mass is 10.3. The number of amides is 1. The second-order valence-electron chi connectivity index (χ2n) is 4.40. The summed E-state index contributed by atoms with van der Waals surface area (Å²) in [6.45, 7) is 1.54. The number of aliphatic hydroxyl groups is 1. The second-order valence-corrected chi connectivity index (χ2v) is 7.19. The lowest BCUT2D eigenvalue weighted by Crippen LogP contribution is -2.41. The summed E-state index contributed by atoms with van der Waals surface area (Å²) in [5, 5.41) is 8.92. The summed E-state index contributed by atoms with van der Waals surface area (Å²) in [5.41, 5.74) is 5.26.